The Morgan fingerprint density at radius 3 is 2.57 bits per heavy atom. The van der Waals surface area contributed by atoms with Gasteiger partial charge < -0.3 is 19.5 Å². The number of carbonyl (C=O) groups excluding carboxylic acids is 1. The van der Waals surface area contributed by atoms with Gasteiger partial charge in [-0.3, -0.25) is 4.79 Å². The van der Waals surface area contributed by atoms with Crippen LogP contribution in [0.1, 0.15) is 42.0 Å². The fourth-order valence-electron chi connectivity index (χ4n) is 5.09. The van der Waals surface area contributed by atoms with Gasteiger partial charge in [-0.15, -0.1) is 0 Å². The second-order valence-corrected chi connectivity index (χ2v) is 9.22. The molecule has 0 saturated carbocycles. The third kappa shape index (κ3) is 5.16. The molecule has 1 amide bonds. The summed E-state index contributed by atoms with van der Waals surface area (Å²) in [4.78, 5) is 12.3. The predicted molar refractivity (Wildman–Crippen MR) is 145 cm³/mol. The summed E-state index contributed by atoms with van der Waals surface area (Å²) in [6.45, 7) is 1.73. The molecule has 0 bridgehead atoms. The van der Waals surface area contributed by atoms with Crippen molar-refractivity contribution in [2.45, 2.75) is 25.3 Å². The summed E-state index contributed by atoms with van der Waals surface area (Å²) in [6, 6.07) is 22.1. The van der Waals surface area contributed by atoms with E-state index in [1.165, 1.54) is 11.1 Å². The van der Waals surface area contributed by atoms with Crippen LogP contribution in [0.4, 0.5) is 5.69 Å². The maximum Gasteiger partial charge on any atom is 0.277 e. The number of rotatable bonds is 8. The molecule has 5 rings (SSSR count). The zero-order chi connectivity index (χ0) is 25.8. The molecule has 0 fully saturated rings. The van der Waals surface area contributed by atoms with Gasteiger partial charge in [0.2, 0.25) is 0 Å². The number of hydrogen-bond acceptors (Lipinski definition) is 6. The van der Waals surface area contributed by atoms with E-state index >= 15 is 0 Å². The highest BCUT2D eigenvalue weighted by Crippen LogP contribution is 2.50. The summed E-state index contributed by atoms with van der Waals surface area (Å²) in [6.07, 6.45) is 5.61. The van der Waals surface area contributed by atoms with Crippen LogP contribution in [0.15, 0.2) is 84.0 Å². The monoisotopic (exact) mass is 497 g/mol. The number of carbonyl (C=O) groups is 1. The molecule has 3 aromatic carbocycles. The van der Waals surface area contributed by atoms with Gasteiger partial charge in [-0.25, -0.2) is 5.43 Å². The molecule has 190 valence electrons. The molecular formula is C30H31N3O4. The van der Waals surface area contributed by atoms with Crippen LogP contribution in [0.2, 0.25) is 0 Å². The first-order valence-electron chi connectivity index (χ1n) is 12.4. The van der Waals surface area contributed by atoms with E-state index in [0.717, 1.165) is 29.1 Å². The van der Waals surface area contributed by atoms with E-state index in [9.17, 15) is 4.79 Å². The van der Waals surface area contributed by atoms with Crippen LogP contribution in [0, 0.1) is 5.92 Å². The molecule has 7 nitrogen and oxygen atoms in total. The third-order valence-electron chi connectivity index (χ3n) is 7.03. The van der Waals surface area contributed by atoms with Gasteiger partial charge in [-0.05, 0) is 72.4 Å². The van der Waals surface area contributed by atoms with E-state index in [2.05, 4.69) is 52.3 Å². The van der Waals surface area contributed by atoms with Crippen LogP contribution in [-0.4, -0.2) is 32.4 Å². The molecule has 0 aromatic heterocycles. The second-order valence-electron chi connectivity index (χ2n) is 9.22. The number of fused-ring (bicyclic) bond motifs is 3. The molecule has 37 heavy (non-hydrogen) atoms. The third-order valence-corrected chi connectivity index (χ3v) is 7.03. The van der Waals surface area contributed by atoms with E-state index in [4.69, 9.17) is 14.2 Å². The van der Waals surface area contributed by atoms with E-state index < -0.39 is 0 Å². The lowest BCUT2D eigenvalue weighted by molar-refractivity contribution is -0.123. The number of amides is 1. The molecule has 0 saturated heterocycles. The van der Waals surface area contributed by atoms with E-state index in [0.29, 0.717) is 23.3 Å². The average Bonchev–Trinajstić information content (AvgIpc) is 3.45. The van der Waals surface area contributed by atoms with Crippen LogP contribution < -0.4 is 25.0 Å². The quantitative estimate of drug-likeness (QED) is 0.246. The molecule has 0 unspecified atom stereocenters. The highest BCUT2D eigenvalue weighted by Gasteiger charge is 2.38. The minimum atomic E-state index is -0.342. The van der Waals surface area contributed by atoms with Crippen molar-refractivity contribution in [3.63, 3.8) is 0 Å². The van der Waals surface area contributed by atoms with Crippen molar-refractivity contribution < 1.29 is 19.0 Å². The van der Waals surface area contributed by atoms with Gasteiger partial charge in [0.15, 0.2) is 18.1 Å². The Morgan fingerprint density at radius 2 is 1.81 bits per heavy atom. The Balaban J connectivity index is 1.28. The standard InChI is InChI=1S/C30H31N3O4/c1-19(32-33-29(34)18-37-28-10-5-4-9-27(28)36-3)21-13-16-26-25(17-21)23-7-6-8-24(23)30(31-26)20-11-14-22(35-2)15-12-20/h4-7,9-17,23-24,30-31H,8,18H2,1-3H3,(H,33,34)/b32-19-/t23-,24+,30+/m1/s1. The number of allylic oxidation sites excluding steroid dienone is 2. The summed E-state index contributed by atoms with van der Waals surface area (Å²) in [5.74, 6) is 2.35. The fourth-order valence-corrected chi connectivity index (χ4v) is 5.09. The average molecular weight is 498 g/mol. The van der Waals surface area contributed by atoms with E-state index in [-0.39, 0.29) is 18.6 Å². The Hall–Kier alpha value is -4.26. The molecule has 2 aliphatic rings. The van der Waals surface area contributed by atoms with Gasteiger partial charge in [-0.2, -0.15) is 5.10 Å². The van der Waals surface area contributed by atoms with Gasteiger partial charge in [-0.1, -0.05) is 42.5 Å². The summed E-state index contributed by atoms with van der Waals surface area (Å²) in [7, 11) is 3.25. The molecule has 2 N–H and O–H groups in total. The van der Waals surface area contributed by atoms with Gasteiger partial charge in [0, 0.05) is 11.6 Å². The molecule has 3 aromatic rings. The molecule has 7 heteroatoms. The lowest BCUT2D eigenvalue weighted by atomic mass is 9.76. The van der Waals surface area contributed by atoms with Crippen LogP contribution in [0.25, 0.3) is 0 Å². The number of nitrogens with zero attached hydrogens (tertiary/aromatic N) is 1. The Kier molecular flexibility index (Phi) is 7.12. The zero-order valence-corrected chi connectivity index (χ0v) is 21.2. The molecule has 3 atom stereocenters. The van der Waals surface area contributed by atoms with E-state index in [1.54, 1.807) is 26.4 Å². The number of nitrogens with one attached hydrogen (secondary N) is 2. The normalized spacial score (nSPS) is 19.9. The summed E-state index contributed by atoms with van der Waals surface area (Å²) < 4.78 is 16.2. The van der Waals surface area contributed by atoms with Crippen molar-refractivity contribution in [1.29, 1.82) is 0 Å². The molecule has 1 aliphatic heterocycles. The second kappa shape index (κ2) is 10.8. The summed E-state index contributed by atoms with van der Waals surface area (Å²) in [5.41, 5.74) is 7.92. The zero-order valence-electron chi connectivity index (χ0n) is 21.2. The number of hydrazone groups is 1. The number of ether oxygens (including phenoxy) is 3. The lowest BCUT2D eigenvalue weighted by Crippen LogP contribution is -2.29. The number of hydrogen-bond donors (Lipinski definition) is 2. The Labute approximate surface area is 217 Å². The number of para-hydroxylation sites is 2. The molecular weight excluding hydrogens is 466 g/mol. The SMILES string of the molecule is COc1ccc([C@@H]2Nc3ccc(/C(C)=N\NC(=O)COc4ccccc4OC)cc3[C@@H]3C=CC[C@@H]32)cc1. The van der Waals surface area contributed by atoms with Gasteiger partial charge >= 0.3 is 0 Å². The van der Waals surface area contributed by atoms with Crippen LogP contribution in [0.5, 0.6) is 17.2 Å². The van der Waals surface area contributed by atoms with Crippen molar-refractivity contribution in [2.75, 3.05) is 26.1 Å². The maximum absolute atomic E-state index is 12.3. The Morgan fingerprint density at radius 1 is 1.03 bits per heavy atom. The van der Waals surface area contributed by atoms with Crippen LogP contribution in [-0.2, 0) is 4.79 Å². The first-order chi connectivity index (χ1) is 18.1. The molecule has 0 spiro atoms. The molecule has 0 radical (unpaired) electrons. The highest BCUT2D eigenvalue weighted by atomic mass is 16.5. The molecule has 1 aliphatic carbocycles. The number of benzene rings is 3. The van der Waals surface area contributed by atoms with Gasteiger partial charge in [0.05, 0.1) is 26.0 Å². The highest BCUT2D eigenvalue weighted by molar-refractivity contribution is 6.00. The van der Waals surface area contributed by atoms with Crippen molar-refractivity contribution in [2.24, 2.45) is 11.0 Å². The van der Waals surface area contributed by atoms with Gasteiger partial charge in [0.1, 0.15) is 5.75 Å². The number of methoxy groups -OCH3 is 2. The Bertz CT molecular complexity index is 1330. The van der Waals surface area contributed by atoms with Crippen LogP contribution >= 0.6 is 0 Å². The number of anilines is 1. The fraction of sp³-hybridized carbons (Fsp3) is 0.267. The topological polar surface area (TPSA) is 81.2 Å². The van der Waals surface area contributed by atoms with Crippen molar-refractivity contribution in [3.8, 4) is 17.2 Å². The largest absolute Gasteiger partial charge is 0.497 e. The van der Waals surface area contributed by atoms with E-state index in [1.807, 2.05) is 37.3 Å². The minimum absolute atomic E-state index is 0.160. The lowest BCUT2D eigenvalue weighted by Gasteiger charge is -2.37. The summed E-state index contributed by atoms with van der Waals surface area (Å²) in [5, 5.41) is 8.08. The first kappa shape index (κ1) is 24.4. The maximum atomic E-state index is 12.3. The van der Waals surface area contributed by atoms with Crippen molar-refractivity contribution >= 4 is 17.3 Å². The smallest absolute Gasteiger partial charge is 0.277 e. The first-order valence-corrected chi connectivity index (χ1v) is 12.4. The van der Waals surface area contributed by atoms with Crippen LogP contribution in [0.3, 0.4) is 0 Å². The van der Waals surface area contributed by atoms with Crippen molar-refractivity contribution in [1.82, 2.24) is 5.43 Å². The molecule has 1 heterocycles. The predicted octanol–water partition coefficient (Wildman–Crippen LogP) is 5.45. The summed E-state index contributed by atoms with van der Waals surface area (Å²) >= 11 is 0. The van der Waals surface area contributed by atoms with Gasteiger partial charge in [0.25, 0.3) is 5.91 Å². The minimum Gasteiger partial charge on any atom is -0.497 e. The van der Waals surface area contributed by atoms with Crippen molar-refractivity contribution in [3.05, 3.63) is 95.6 Å².